The van der Waals surface area contributed by atoms with Crippen LogP contribution in [0.5, 0.6) is 0 Å². The Labute approximate surface area is 100 Å². The summed E-state index contributed by atoms with van der Waals surface area (Å²) >= 11 is 0. The highest BCUT2D eigenvalue weighted by atomic mass is 19.4. The quantitative estimate of drug-likeness (QED) is 0.848. The molecule has 96 valence electrons. The molecule has 4 heteroatoms. The van der Waals surface area contributed by atoms with Crippen LogP contribution in [-0.2, 0) is 0 Å². The molecule has 1 atom stereocenters. The molecule has 0 aliphatic carbocycles. The first-order valence-corrected chi connectivity index (χ1v) is 5.65. The van der Waals surface area contributed by atoms with Gasteiger partial charge < -0.3 is 5.32 Å². The number of hydrogen-bond acceptors (Lipinski definition) is 1. The fourth-order valence-electron chi connectivity index (χ4n) is 2.12. The third-order valence-corrected chi connectivity index (χ3v) is 2.96. The van der Waals surface area contributed by atoms with Crippen molar-refractivity contribution in [3.63, 3.8) is 0 Å². The molecule has 0 aliphatic heterocycles. The van der Waals surface area contributed by atoms with Crippen molar-refractivity contribution < 1.29 is 13.2 Å². The number of aryl methyl sites for hydroxylation is 2. The molecular formula is C13H18F3N. The zero-order valence-corrected chi connectivity index (χ0v) is 10.4. The number of hydrogen-bond donors (Lipinski definition) is 1. The second-order valence-electron chi connectivity index (χ2n) is 4.30. The summed E-state index contributed by atoms with van der Waals surface area (Å²) in [5.74, 6) is 0. The van der Waals surface area contributed by atoms with Crippen molar-refractivity contribution in [2.24, 2.45) is 0 Å². The van der Waals surface area contributed by atoms with Crippen LogP contribution in [0.15, 0.2) is 18.2 Å². The number of benzene rings is 1. The van der Waals surface area contributed by atoms with Gasteiger partial charge in [-0.05, 0) is 44.0 Å². The largest absolute Gasteiger partial charge is 0.389 e. The van der Waals surface area contributed by atoms with Crippen LogP contribution in [0, 0.1) is 13.8 Å². The van der Waals surface area contributed by atoms with Crippen LogP contribution < -0.4 is 5.32 Å². The molecule has 0 aliphatic rings. The normalized spacial score (nSPS) is 13.8. The lowest BCUT2D eigenvalue weighted by atomic mass is 9.93. The van der Waals surface area contributed by atoms with E-state index in [0.29, 0.717) is 0 Å². The molecule has 0 fully saturated rings. The summed E-state index contributed by atoms with van der Waals surface area (Å²) in [4.78, 5) is 0. The van der Waals surface area contributed by atoms with E-state index in [0.717, 1.165) is 16.7 Å². The van der Waals surface area contributed by atoms with Crippen LogP contribution in [0.2, 0.25) is 0 Å². The van der Waals surface area contributed by atoms with Crippen molar-refractivity contribution in [3.8, 4) is 0 Å². The standard InChI is InChI=1S/C13H18F3N/c1-9-5-4-6-10(2)12(9)11(17-3)7-8-13(14,15)16/h4-6,11,17H,7-8H2,1-3H3. The first-order chi connectivity index (χ1) is 7.85. The van der Waals surface area contributed by atoms with Gasteiger partial charge >= 0.3 is 6.18 Å². The average Bonchev–Trinajstić information content (AvgIpc) is 2.21. The lowest BCUT2D eigenvalue weighted by Gasteiger charge is -2.21. The molecule has 0 radical (unpaired) electrons. The Morgan fingerprint density at radius 3 is 2.12 bits per heavy atom. The molecule has 1 aromatic carbocycles. The van der Waals surface area contributed by atoms with Crippen molar-refractivity contribution in [2.75, 3.05) is 7.05 Å². The van der Waals surface area contributed by atoms with Gasteiger partial charge in [-0.25, -0.2) is 0 Å². The van der Waals surface area contributed by atoms with Crippen LogP contribution in [0.25, 0.3) is 0 Å². The van der Waals surface area contributed by atoms with Crippen LogP contribution in [-0.4, -0.2) is 13.2 Å². The molecule has 1 nitrogen and oxygen atoms in total. The first-order valence-electron chi connectivity index (χ1n) is 5.65. The lowest BCUT2D eigenvalue weighted by molar-refractivity contribution is -0.136. The minimum Gasteiger partial charge on any atom is -0.313 e. The van der Waals surface area contributed by atoms with E-state index >= 15 is 0 Å². The van der Waals surface area contributed by atoms with Crippen molar-refractivity contribution in [1.29, 1.82) is 0 Å². The van der Waals surface area contributed by atoms with Crippen molar-refractivity contribution in [2.45, 2.75) is 38.9 Å². The molecule has 0 saturated heterocycles. The maximum absolute atomic E-state index is 12.2. The van der Waals surface area contributed by atoms with Gasteiger partial charge in [0.25, 0.3) is 0 Å². The molecule has 0 bridgehead atoms. The predicted molar refractivity (Wildman–Crippen MR) is 63.0 cm³/mol. The van der Waals surface area contributed by atoms with Gasteiger partial charge in [-0.15, -0.1) is 0 Å². The monoisotopic (exact) mass is 245 g/mol. The fraction of sp³-hybridized carbons (Fsp3) is 0.538. The van der Waals surface area contributed by atoms with Crippen LogP contribution in [0.4, 0.5) is 13.2 Å². The maximum atomic E-state index is 12.2. The summed E-state index contributed by atoms with van der Waals surface area (Å²) in [6.45, 7) is 3.86. The molecule has 0 spiro atoms. The van der Waals surface area contributed by atoms with E-state index in [1.807, 2.05) is 32.0 Å². The Balaban J connectivity index is 2.87. The molecule has 0 aromatic heterocycles. The maximum Gasteiger partial charge on any atom is 0.389 e. The van der Waals surface area contributed by atoms with Gasteiger partial charge in [0.1, 0.15) is 0 Å². The SMILES string of the molecule is CNC(CCC(F)(F)F)c1c(C)cccc1C. The van der Waals surface area contributed by atoms with Crippen molar-refractivity contribution >= 4 is 0 Å². The van der Waals surface area contributed by atoms with Crippen molar-refractivity contribution in [1.82, 2.24) is 5.32 Å². The van der Waals surface area contributed by atoms with E-state index in [9.17, 15) is 13.2 Å². The highest BCUT2D eigenvalue weighted by Gasteiger charge is 2.28. The summed E-state index contributed by atoms with van der Waals surface area (Å²) in [5, 5.41) is 2.97. The topological polar surface area (TPSA) is 12.0 Å². The molecule has 17 heavy (non-hydrogen) atoms. The van der Waals surface area contributed by atoms with Gasteiger partial charge in [-0.1, -0.05) is 18.2 Å². The van der Waals surface area contributed by atoms with Crippen LogP contribution in [0.1, 0.15) is 35.6 Å². The molecule has 0 heterocycles. The minimum atomic E-state index is -4.09. The van der Waals surface area contributed by atoms with E-state index in [-0.39, 0.29) is 12.5 Å². The lowest BCUT2D eigenvalue weighted by Crippen LogP contribution is -2.21. The average molecular weight is 245 g/mol. The molecule has 0 amide bonds. The Hall–Kier alpha value is -1.03. The summed E-state index contributed by atoms with van der Waals surface area (Å²) in [7, 11) is 1.70. The summed E-state index contributed by atoms with van der Waals surface area (Å²) in [6.07, 6.45) is -4.77. The zero-order chi connectivity index (χ0) is 13.1. The van der Waals surface area contributed by atoms with Gasteiger partial charge in [0.15, 0.2) is 0 Å². The molecule has 1 rings (SSSR count). The number of rotatable bonds is 4. The summed E-state index contributed by atoms with van der Waals surface area (Å²) in [5.41, 5.74) is 3.05. The summed E-state index contributed by atoms with van der Waals surface area (Å²) < 4.78 is 36.7. The van der Waals surface area contributed by atoms with E-state index in [1.54, 1.807) is 7.05 Å². The van der Waals surface area contributed by atoms with Gasteiger partial charge in [0, 0.05) is 12.5 Å². The minimum absolute atomic E-state index is 0.0751. The van der Waals surface area contributed by atoms with Crippen molar-refractivity contribution in [3.05, 3.63) is 34.9 Å². The molecule has 1 aromatic rings. The molecule has 0 saturated carbocycles. The highest BCUT2D eigenvalue weighted by Crippen LogP contribution is 2.30. The van der Waals surface area contributed by atoms with E-state index < -0.39 is 12.6 Å². The van der Waals surface area contributed by atoms with Gasteiger partial charge in [-0.3, -0.25) is 0 Å². The zero-order valence-electron chi connectivity index (χ0n) is 10.4. The third-order valence-electron chi connectivity index (χ3n) is 2.96. The predicted octanol–water partition coefficient (Wildman–Crippen LogP) is 3.91. The summed E-state index contributed by atoms with van der Waals surface area (Å²) in [6, 6.07) is 5.54. The molecule has 1 unspecified atom stereocenters. The third kappa shape index (κ3) is 4.04. The van der Waals surface area contributed by atoms with Crippen LogP contribution in [0.3, 0.4) is 0 Å². The van der Waals surface area contributed by atoms with E-state index in [1.165, 1.54) is 0 Å². The molecule has 1 N–H and O–H groups in total. The number of halogens is 3. The molecular weight excluding hydrogens is 227 g/mol. The van der Waals surface area contributed by atoms with Gasteiger partial charge in [0.2, 0.25) is 0 Å². The van der Waals surface area contributed by atoms with Gasteiger partial charge in [-0.2, -0.15) is 13.2 Å². The Morgan fingerprint density at radius 1 is 1.18 bits per heavy atom. The smallest absolute Gasteiger partial charge is 0.313 e. The fourth-order valence-corrected chi connectivity index (χ4v) is 2.12. The second-order valence-corrected chi connectivity index (χ2v) is 4.30. The first kappa shape index (κ1) is 14.0. The Bertz CT molecular complexity index is 351. The number of alkyl halides is 3. The highest BCUT2D eigenvalue weighted by molar-refractivity contribution is 5.36. The van der Waals surface area contributed by atoms with Crippen LogP contribution >= 0.6 is 0 Å². The van der Waals surface area contributed by atoms with E-state index in [4.69, 9.17) is 0 Å². The second kappa shape index (κ2) is 5.54. The Morgan fingerprint density at radius 2 is 1.71 bits per heavy atom. The Kier molecular flexibility index (Phi) is 4.57. The van der Waals surface area contributed by atoms with Gasteiger partial charge in [0.05, 0.1) is 0 Å². The van der Waals surface area contributed by atoms with E-state index in [2.05, 4.69) is 5.32 Å². The number of nitrogens with one attached hydrogen (secondary N) is 1.